The van der Waals surface area contributed by atoms with E-state index in [1.54, 1.807) is 0 Å². The molecule has 1 aromatic carbocycles. The Balaban J connectivity index is 2.31. The van der Waals surface area contributed by atoms with Crippen LogP contribution in [-0.4, -0.2) is 24.9 Å². The summed E-state index contributed by atoms with van der Waals surface area (Å²) < 4.78 is 12.3. The predicted molar refractivity (Wildman–Crippen MR) is 54.2 cm³/mol. The van der Waals surface area contributed by atoms with Gasteiger partial charge in [-0.05, 0) is 12.5 Å². The van der Waals surface area contributed by atoms with Gasteiger partial charge >= 0.3 is 0 Å². The molecule has 2 nitrogen and oxygen atoms in total. The molecule has 1 aliphatic rings. The van der Waals surface area contributed by atoms with Crippen LogP contribution in [0.2, 0.25) is 0 Å². The van der Waals surface area contributed by atoms with Crippen molar-refractivity contribution in [2.24, 2.45) is 0 Å². The topological polar surface area (TPSA) is 23.5 Å². The molecule has 0 radical (unpaired) electrons. The summed E-state index contributed by atoms with van der Waals surface area (Å²) >= 11 is 0. The summed E-state index contributed by atoms with van der Waals surface area (Å²) in [5.41, 5.74) is 1.90. The van der Waals surface area contributed by atoms with Crippen LogP contribution in [0.4, 0.5) is 10.1 Å². The highest BCUT2D eigenvalue weighted by Gasteiger charge is 2.22. The van der Waals surface area contributed by atoms with Crippen LogP contribution in [-0.2, 0) is 0 Å². The fourth-order valence-electron chi connectivity index (χ4n) is 1.95. The molecule has 0 saturated carbocycles. The molecule has 3 heteroatoms. The van der Waals surface area contributed by atoms with E-state index in [1.807, 2.05) is 29.2 Å². The van der Waals surface area contributed by atoms with Crippen molar-refractivity contribution in [1.82, 2.24) is 0 Å². The summed E-state index contributed by atoms with van der Waals surface area (Å²) in [6.45, 7) is 0.816. The molecule has 1 atom stereocenters. The van der Waals surface area contributed by atoms with E-state index >= 15 is 0 Å². The number of rotatable bonds is 2. The standard InChI is InChI=1S/C11H14FNO/c12-6-8-13-7-5-11(14)9-3-1-2-4-10(9)13/h1-4,11,14H,5-8H2. The second-order valence-electron chi connectivity index (χ2n) is 3.54. The molecule has 0 spiro atoms. The van der Waals surface area contributed by atoms with Gasteiger partial charge in [0.2, 0.25) is 0 Å². The van der Waals surface area contributed by atoms with Crippen LogP contribution in [0.1, 0.15) is 18.1 Å². The number of aliphatic hydroxyl groups is 1. The SMILES string of the molecule is OC1CCN(CCF)c2ccccc21. The molecule has 0 bridgehead atoms. The number of anilines is 1. The Morgan fingerprint density at radius 3 is 3.00 bits per heavy atom. The van der Waals surface area contributed by atoms with E-state index in [0.29, 0.717) is 13.0 Å². The van der Waals surface area contributed by atoms with E-state index in [9.17, 15) is 9.50 Å². The summed E-state index contributed by atoms with van der Waals surface area (Å²) in [5, 5.41) is 9.73. The number of halogens is 1. The smallest absolute Gasteiger partial charge is 0.107 e. The molecule has 0 aliphatic carbocycles. The third-order valence-electron chi connectivity index (χ3n) is 2.66. The molecular formula is C11H14FNO. The first-order valence-electron chi connectivity index (χ1n) is 4.91. The Morgan fingerprint density at radius 1 is 1.43 bits per heavy atom. The third-order valence-corrected chi connectivity index (χ3v) is 2.66. The van der Waals surface area contributed by atoms with Crippen molar-refractivity contribution < 1.29 is 9.50 Å². The van der Waals surface area contributed by atoms with Gasteiger partial charge in [-0.2, -0.15) is 0 Å². The first-order chi connectivity index (χ1) is 6.83. The van der Waals surface area contributed by atoms with Crippen LogP contribution in [0.5, 0.6) is 0 Å². The van der Waals surface area contributed by atoms with Gasteiger partial charge in [0, 0.05) is 24.3 Å². The summed E-state index contributed by atoms with van der Waals surface area (Å²) in [6, 6.07) is 7.67. The number of alkyl halides is 1. The van der Waals surface area contributed by atoms with Gasteiger partial charge in [-0.1, -0.05) is 18.2 Å². The Hall–Kier alpha value is -1.09. The maximum Gasteiger partial charge on any atom is 0.107 e. The summed E-state index contributed by atoms with van der Waals surface area (Å²) in [5.74, 6) is 0. The lowest BCUT2D eigenvalue weighted by molar-refractivity contribution is 0.164. The van der Waals surface area contributed by atoms with Crippen LogP contribution < -0.4 is 4.90 Å². The molecule has 0 amide bonds. The second-order valence-corrected chi connectivity index (χ2v) is 3.54. The molecule has 1 unspecified atom stereocenters. The van der Waals surface area contributed by atoms with E-state index in [0.717, 1.165) is 17.8 Å². The summed E-state index contributed by atoms with van der Waals surface area (Å²) in [7, 11) is 0. The Labute approximate surface area is 83.0 Å². The zero-order valence-corrected chi connectivity index (χ0v) is 7.99. The molecule has 1 aromatic rings. The van der Waals surface area contributed by atoms with Gasteiger partial charge in [0.25, 0.3) is 0 Å². The number of hydrogen-bond donors (Lipinski definition) is 1. The molecule has 1 N–H and O–H groups in total. The largest absolute Gasteiger partial charge is 0.388 e. The predicted octanol–water partition coefficient (Wildman–Crippen LogP) is 1.90. The third kappa shape index (κ3) is 1.60. The zero-order valence-electron chi connectivity index (χ0n) is 7.99. The van der Waals surface area contributed by atoms with Gasteiger partial charge in [-0.3, -0.25) is 0 Å². The fourth-order valence-corrected chi connectivity index (χ4v) is 1.95. The lowest BCUT2D eigenvalue weighted by atomic mass is 9.99. The van der Waals surface area contributed by atoms with Crippen molar-refractivity contribution in [1.29, 1.82) is 0 Å². The quantitative estimate of drug-likeness (QED) is 0.779. The van der Waals surface area contributed by atoms with Crippen molar-refractivity contribution in [3.8, 4) is 0 Å². The van der Waals surface area contributed by atoms with Crippen molar-refractivity contribution in [3.63, 3.8) is 0 Å². The lowest BCUT2D eigenvalue weighted by Gasteiger charge is -2.33. The highest BCUT2D eigenvalue weighted by Crippen LogP contribution is 2.32. The molecular weight excluding hydrogens is 181 g/mol. The normalized spacial score (nSPS) is 20.7. The monoisotopic (exact) mass is 195 g/mol. The number of para-hydroxylation sites is 1. The van der Waals surface area contributed by atoms with Gasteiger partial charge in [-0.25, -0.2) is 4.39 Å². The van der Waals surface area contributed by atoms with Crippen molar-refractivity contribution >= 4 is 5.69 Å². The van der Waals surface area contributed by atoms with E-state index in [2.05, 4.69) is 0 Å². The minimum Gasteiger partial charge on any atom is -0.388 e. The molecule has 0 fully saturated rings. The molecule has 1 heterocycles. The van der Waals surface area contributed by atoms with E-state index < -0.39 is 0 Å². The van der Waals surface area contributed by atoms with Crippen LogP contribution in [0.25, 0.3) is 0 Å². The Kier molecular flexibility index (Phi) is 2.68. The van der Waals surface area contributed by atoms with Crippen molar-refractivity contribution in [3.05, 3.63) is 29.8 Å². The maximum absolute atomic E-state index is 12.3. The van der Waals surface area contributed by atoms with Crippen LogP contribution in [0, 0.1) is 0 Å². The minimum absolute atomic E-state index is 0.343. The molecule has 1 aliphatic heterocycles. The van der Waals surface area contributed by atoms with E-state index in [4.69, 9.17) is 0 Å². The summed E-state index contributed by atoms with van der Waals surface area (Å²) in [4.78, 5) is 1.99. The first kappa shape index (κ1) is 9.46. The molecule has 2 rings (SSSR count). The highest BCUT2D eigenvalue weighted by atomic mass is 19.1. The number of aliphatic hydroxyl groups excluding tert-OH is 1. The van der Waals surface area contributed by atoms with Crippen LogP contribution in [0.15, 0.2) is 24.3 Å². The van der Waals surface area contributed by atoms with Crippen LogP contribution in [0.3, 0.4) is 0 Å². The lowest BCUT2D eigenvalue weighted by Crippen LogP contribution is -2.32. The summed E-state index contributed by atoms with van der Waals surface area (Å²) in [6.07, 6.45) is 0.305. The van der Waals surface area contributed by atoms with E-state index in [-0.39, 0.29) is 12.8 Å². The Morgan fingerprint density at radius 2 is 2.21 bits per heavy atom. The average Bonchev–Trinajstić information content (AvgIpc) is 2.23. The van der Waals surface area contributed by atoms with Gasteiger partial charge in [0.05, 0.1) is 6.10 Å². The van der Waals surface area contributed by atoms with Gasteiger partial charge in [-0.15, -0.1) is 0 Å². The van der Waals surface area contributed by atoms with Crippen LogP contribution >= 0.6 is 0 Å². The van der Waals surface area contributed by atoms with Crippen molar-refractivity contribution in [2.45, 2.75) is 12.5 Å². The zero-order chi connectivity index (χ0) is 9.97. The average molecular weight is 195 g/mol. The van der Waals surface area contributed by atoms with E-state index in [1.165, 1.54) is 0 Å². The molecule has 0 aromatic heterocycles. The fraction of sp³-hybridized carbons (Fsp3) is 0.455. The molecule has 14 heavy (non-hydrogen) atoms. The van der Waals surface area contributed by atoms with Gasteiger partial charge in [0.15, 0.2) is 0 Å². The molecule has 76 valence electrons. The maximum atomic E-state index is 12.3. The number of hydrogen-bond acceptors (Lipinski definition) is 2. The minimum atomic E-state index is -0.387. The number of nitrogens with zero attached hydrogens (tertiary/aromatic N) is 1. The highest BCUT2D eigenvalue weighted by molar-refractivity contribution is 5.56. The van der Waals surface area contributed by atoms with Crippen molar-refractivity contribution in [2.75, 3.05) is 24.7 Å². The molecule has 0 saturated heterocycles. The van der Waals surface area contributed by atoms with Gasteiger partial charge < -0.3 is 10.0 Å². The first-order valence-corrected chi connectivity index (χ1v) is 4.91. The number of fused-ring (bicyclic) bond motifs is 1. The second kappa shape index (κ2) is 3.96. The Bertz CT molecular complexity index is 316. The van der Waals surface area contributed by atoms with Gasteiger partial charge in [0.1, 0.15) is 6.67 Å². The number of benzene rings is 1.